The average Bonchev–Trinajstić information content (AvgIpc) is 2.53. The van der Waals surface area contributed by atoms with Gasteiger partial charge in [-0.15, -0.1) is 0 Å². The first-order valence-corrected chi connectivity index (χ1v) is 7.93. The lowest BCUT2D eigenvalue weighted by atomic mass is 9.87. The molecule has 2 aromatic rings. The van der Waals surface area contributed by atoms with Gasteiger partial charge in [0.2, 0.25) is 0 Å². The SMILES string of the molecule is CCc1ccc(C2=Cc3cc(F)c(CC)cc3CC2)c(F)c1. The van der Waals surface area contributed by atoms with Gasteiger partial charge >= 0.3 is 0 Å². The smallest absolute Gasteiger partial charge is 0.130 e. The van der Waals surface area contributed by atoms with Crippen molar-refractivity contribution in [3.05, 3.63) is 69.8 Å². The Labute approximate surface area is 130 Å². The van der Waals surface area contributed by atoms with Crippen LogP contribution in [0.3, 0.4) is 0 Å². The second kappa shape index (κ2) is 6.04. The predicted octanol–water partition coefficient (Wildman–Crippen LogP) is 5.58. The first kappa shape index (κ1) is 15.0. The van der Waals surface area contributed by atoms with E-state index in [2.05, 4.69) is 0 Å². The number of rotatable bonds is 3. The summed E-state index contributed by atoms with van der Waals surface area (Å²) in [6.07, 6.45) is 5.09. The molecule has 0 saturated heterocycles. The van der Waals surface area contributed by atoms with Crippen molar-refractivity contribution < 1.29 is 8.78 Å². The van der Waals surface area contributed by atoms with Crippen LogP contribution in [-0.4, -0.2) is 0 Å². The standard InChI is InChI=1S/C20H20F2/c1-3-13-5-8-18(20(22)9-13)16-7-6-15-10-14(4-2)19(21)12-17(15)11-16/h5,8-12H,3-4,6-7H2,1-2H3. The summed E-state index contributed by atoms with van der Waals surface area (Å²) in [5.74, 6) is -0.347. The Hall–Kier alpha value is -1.96. The molecule has 0 fully saturated rings. The molecule has 1 aliphatic carbocycles. The fourth-order valence-electron chi connectivity index (χ4n) is 3.09. The highest BCUT2D eigenvalue weighted by Crippen LogP contribution is 2.33. The van der Waals surface area contributed by atoms with E-state index >= 15 is 0 Å². The molecular formula is C20H20F2. The molecule has 2 aromatic carbocycles. The van der Waals surface area contributed by atoms with Crippen LogP contribution in [0.15, 0.2) is 30.3 Å². The number of aryl methyl sites for hydroxylation is 3. The van der Waals surface area contributed by atoms with Crippen LogP contribution in [0.2, 0.25) is 0 Å². The van der Waals surface area contributed by atoms with Gasteiger partial charge in [-0.1, -0.05) is 38.1 Å². The van der Waals surface area contributed by atoms with E-state index in [1.54, 1.807) is 12.1 Å². The zero-order chi connectivity index (χ0) is 15.7. The van der Waals surface area contributed by atoms with Crippen LogP contribution in [0, 0.1) is 11.6 Å². The van der Waals surface area contributed by atoms with Gasteiger partial charge < -0.3 is 0 Å². The van der Waals surface area contributed by atoms with Crippen LogP contribution in [0.25, 0.3) is 11.6 Å². The Morgan fingerprint density at radius 3 is 2.41 bits per heavy atom. The summed E-state index contributed by atoms with van der Waals surface area (Å²) >= 11 is 0. The maximum absolute atomic E-state index is 14.3. The van der Waals surface area contributed by atoms with E-state index < -0.39 is 0 Å². The minimum atomic E-state index is -0.181. The van der Waals surface area contributed by atoms with Gasteiger partial charge in [0.05, 0.1) is 0 Å². The van der Waals surface area contributed by atoms with Gasteiger partial charge in [-0.25, -0.2) is 8.78 Å². The van der Waals surface area contributed by atoms with Gasteiger partial charge in [-0.3, -0.25) is 0 Å². The van der Waals surface area contributed by atoms with Crippen LogP contribution in [0.5, 0.6) is 0 Å². The lowest BCUT2D eigenvalue weighted by molar-refractivity contribution is 0.610. The molecule has 0 saturated carbocycles. The van der Waals surface area contributed by atoms with Crippen molar-refractivity contribution in [3.8, 4) is 0 Å². The van der Waals surface area contributed by atoms with Crippen LogP contribution in [-0.2, 0) is 19.3 Å². The topological polar surface area (TPSA) is 0 Å². The van der Waals surface area contributed by atoms with Gasteiger partial charge in [-0.2, -0.15) is 0 Å². The summed E-state index contributed by atoms with van der Waals surface area (Å²) in [6.45, 7) is 3.97. The molecule has 0 spiro atoms. The summed E-state index contributed by atoms with van der Waals surface area (Å²) in [4.78, 5) is 0. The summed E-state index contributed by atoms with van der Waals surface area (Å²) in [5.41, 5.74) is 5.40. The monoisotopic (exact) mass is 298 g/mol. The maximum atomic E-state index is 14.3. The van der Waals surface area contributed by atoms with E-state index in [-0.39, 0.29) is 11.6 Å². The van der Waals surface area contributed by atoms with Crippen molar-refractivity contribution in [2.45, 2.75) is 39.5 Å². The zero-order valence-electron chi connectivity index (χ0n) is 13.0. The normalized spacial score (nSPS) is 13.7. The molecule has 0 unspecified atom stereocenters. The van der Waals surface area contributed by atoms with Crippen LogP contribution in [0.4, 0.5) is 8.78 Å². The van der Waals surface area contributed by atoms with Crippen LogP contribution < -0.4 is 0 Å². The molecule has 0 radical (unpaired) electrons. The molecule has 2 heteroatoms. The summed E-state index contributed by atoms with van der Waals surface area (Å²) in [7, 11) is 0. The molecule has 1 aliphatic rings. The van der Waals surface area contributed by atoms with Crippen molar-refractivity contribution in [2.24, 2.45) is 0 Å². The first-order chi connectivity index (χ1) is 10.6. The molecule has 0 aromatic heterocycles. The van der Waals surface area contributed by atoms with Gasteiger partial charge in [0.1, 0.15) is 11.6 Å². The lowest BCUT2D eigenvalue weighted by Crippen LogP contribution is -2.03. The third-order valence-electron chi connectivity index (χ3n) is 4.47. The Morgan fingerprint density at radius 2 is 1.73 bits per heavy atom. The Bertz CT molecular complexity index is 742. The minimum absolute atomic E-state index is 0.166. The summed E-state index contributed by atoms with van der Waals surface area (Å²) in [6, 6.07) is 8.96. The number of allylic oxidation sites excluding steroid dienone is 1. The molecule has 3 rings (SSSR count). The van der Waals surface area contributed by atoms with Gasteiger partial charge in [0.15, 0.2) is 0 Å². The van der Waals surface area contributed by atoms with Crippen molar-refractivity contribution in [2.75, 3.05) is 0 Å². The number of halogens is 2. The fourth-order valence-corrected chi connectivity index (χ4v) is 3.09. The second-order valence-corrected chi connectivity index (χ2v) is 5.83. The maximum Gasteiger partial charge on any atom is 0.130 e. The number of benzene rings is 2. The molecular weight excluding hydrogens is 278 g/mol. The minimum Gasteiger partial charge on any atom is -0.207 e. The van der Waals surface area contributed by atoms with Crippen molar-refractivity contribution >= 4 is 11.6 Å². The second-order valence-electron chi connectivity index (χ2n) is 5.83. The molecule has 0 N–H and O–H groups in total. The van der Waals surface area contributed by atoms with Gasteiger partial charge in [0.25, 0.3) is 0 Å². The van der Waals surface area contributed by atoms with E-state index in [1.807, 2.05) is 38.1 Å². The third-order valence-corrected chi connectivity index (χ3v) is 4.47. The highest BCUT2D eigenvalue weighted by atomic mass is 19.1. The first-order valence-electron chi connectivity index (χ1n) is 7.93. The quantitative estimate of drug-likeness (QED) is 0.694. The Morgan fingerprint density at radius 1 is 0.909 bits per heavy atom. The van der Waals surface area contributed by atoms with Crippen LogP contribution in [0.1, 0.15) is 48.1 Å². The zero-order valence-corrected chi connectivity index (χ0v) is 13.0. The lowest BCUT2D eigenvalue weighted by Gasteiger charge is -2.19. The summed E-state index contributed by atoms with van der Waals surface area (Å²) < 4.78 is 28.3. The molecule has 0 atom stereocenters. The van der Waals surface area contributed by atoms with Crippen molar-refractivity contribution in [1.29, 1.82) is 0 Å². The Kier molecular flexibility index (Phi) is 4.10. The van der Waals surface area contributed by atoms with Crippen LogP contribution >= 0.6 is 0 Å². The molecule has 22 heavy (non-hydrogen) atoms. The molecule has 114 valence electrons. The third kappa shape index (κ3) is 2.70. The molecule has 0 bridgehead atoms. The van der Waals surface area contributed by atoms with Gasteiger partial charge in [0, 0.05) is 5.56 Å². The van der Waals surface area contributed by atoms with E-state index in [0.29, 0.717) is 12.0 Å². The summed E-state index contributed by atoms with van der Waals surface area (Å²) in [5, 5.41) is 0. The number of fused-ring (bicyclic) bond motifs is 1. The molecule has 0 heterocycles. The molecule has 0 nitrogen and oxygen atoms in total. The highest BCUT2D eigenvalue weighted by molar-refractivity contribution is 5.84. The van der Waals surface area contributed by atoms with E-state index in [9.17, 15) is 8.78 Å². The number of hydrogen-bond acceptors (Lipinski definition) is 0. The van der Waals surface area contributed by atoms with Crippen molar-refractivity contribution in [1.82, 2.24) is 0 Å². The van der Waals surface area contributed by atoms with E-state index in [0.717, 1.165) is 47.1 Å². The fraction of sp³-hybridized carbons (Fsp3) is 0.300. The molecule has 0 aliphatic heterocycles. The highest BCUT2D eigenvalue weighted by Gasteiger charge is 2.16. The molecule has 0 amide bonds. The Balaban J connectivity index is 2.02. The van der Waals surface area contributed by atoms with E-state index in [1.165, 1.54) is 0 Å². The average molecular weight is 298 g/mol. The largest absolute Gasteiger partial charge is 0.207 e. The van der Waals surface area contributed by atoms with Crippen molar-refractivity contribution in [3.63, 3.8) is 0 Å². The number of hydrogen-bond donors (Lipinski definition) is 0. The van der Waals surface area contributed by atoms with E-state index in [4.69, 9.17) is 0 Å². The van der Waals surface area contributed by atoms with Gasteiger partial charge in [-0.05, 0) is 65.6 Å². The predicted molar refractivity (Wildman–Crippen MR) is 87.7 cm³/mol.